The average molecular weight is 331 g/mol. The summed E-state index contributed by atoms with van der Waals surface area (Å²) < 4.78 is 26.2. The van der Waals surface area contributed by atoms with Gasteiger partial charge in [0.1, 0.15) is 5.69 Å². The lowest BCUT2D eigenvalue weighted by molar-refractivity contribution is 0.0662. The Morgan fingerprint density at radius 1 is 1.25 bits per heavy atom. The highest BCUT2D eigenvalue weighted by atomic mass is 19.2. The van der Waals surface area contributed by atoms with Gasteiger partial charge in [0.15, 0.2) is 11.6 Å². The fraction of sp³-hybridized carbons (Fsp3) is 0.389. The largest absolute Gasteiger partial charge is 0.337 e. The van der Waals surface area contributed by atoms with Crippen LogP contribution in [0, 0.1) is 17.6 Å². The van der Waals surface area contributed by atoms with E-state index in [0.29, 0.717) is 24.6 Å². The molecule has 1 atom stereocenters. The van der Waals surface area contributed by atoms with Gasteiger partial charge >= 0.3 is 0 Å². The van der Waals surface area contributed by atoms with Crippen LogP contribution in [0.25, 0.3) is 0 Å². The molecule has 0 spiro atoms. The maximum atomic E-state index is 13.3. The van der Waals surface area contributed by atoms with Gasteiger partial charge in [-0.25, -0.2) is 13.8 Å². The number of benzene rings is 1. The van der Waals surface area contributed by atoms with Crippen LogP contribution in [0.5, 0.6) is 0 Å². The van der Waals surface area contributed by atoms with Crippen LogP contribution in [-0.4, -0.2) is 33.9 Å². The van der Waals surface area contributed by atoms with Gasteiger partial charge in [-0.2, -0.15) is 0 Å². The minimum Gasteiger partial charge on any atom is -0.337 e. The third kappa shape index (κ3) is 3.93. The molecule has 0 aliphatic carbocycles. The summed E-state index contributed by atoms with van der Waals surface area (Å²) in [6.45, 7) is 1.39. The number of rotatable bonds is 4. The Morgan fingerprint density at radius 3 is 2.88 bits per heavy atom. The monoisotopic (exact) mass is 331 g/mol. The summed E-state index contributed by atoms with van der Waals surface area (Å²) in [5.74, 6) is -1.37. The molecule has 126 valence electrons. The third-order valence-electron chi connectivity index (χ3n) is 4.41. The minimum atomic E-state index is -0.822. The molecular weight excluding hydrogens is 312 g/mol. The molecule has 2 heterocycles. The van der Waals surface area contributed by atoms with Gasteiger partial charge < -0.3 is 4.90 Å². The number of aromatic nitrogens is 2. The molecule has 0 bridgehead atoms. The molecule has 0 radical (unpaired) electrons. The predicted molar refractivity (Wildman–Crippen MR) is 85.3 cm³/mol. The topological polar surface area (TPSA) is 46.1 Å². The molecule has 24 heavy (non-hydrogen) atoms. The maximum Gasteiger partial charge on any atom is 0.274 e. The number of aryl methyl sites for hydroxylation is 1. The maximum absolute atomic E-state index is 13.3. The van der Waals surface area contributed by atoms with E-state index < -0.39 is 11.6 Å². The summed E-state index contributed by atoms with van der Waals surface area (Å²) in [7, 11) is 0. The van der Waals surface area contributed by atoms with E-state index in [-0.39, 0.29) is 5.91 Å². The molecular formula is C18H19F2N3O. The zero-order chi connectivity index (χ0) is 16.9. The summed E-state index contributed by atoms with van der Waals surface area (Å²) in [6, 6.07) is 4.03. The van der Waals surface area contributed by atoms with Crippen LogP contribution in [0.2, 0.25) is 0 Å². The number of amides is 1. The number of piperidine rings is 1. The molecule has 3 rings (SSSR count). The number of carbonyl (C=O) groups is 1. The van der Waals surface area contributed by atoms with Gasteiger partial charge in [-0.15, -0.1) is 0 Å². The summed E-state index contributed by atoms with van der Waals surface area (Å²) in [4.78, 5) is 22.2. The van der Waals surface area contributed by atoms with Gasteiger partial charge in [0.2, 0.25) is 0 Å². The number of hydrogen-bond donors (Lipinski definition) is 0. The average Bonchev–Trinajstić information content (AvgIpc) is 2.63. The molecule has 1 amide bonds. The van der Waals surface area contributed by atoms with Gasteiger partial charge in [0, 0.05) is 25.5 Å². The lowest BCUT2D eigenvalue weighted by atomic mass is 9.91. The fourth-order valence-electron chi connectivity index (χ4n) is 3.12. The van der Waals surface area contributed by atoms with E-state index in [1.807, 2.05) is 4.90 Å². The van der Waals surface area contributed by atoms with Crippen molar-refractivity contribution >= 4 is 5.91 Å². The van der Waals surface area contributed by atoms with Crippen molar-refractivity contribution in [2.24, 2.45) is 5.92 Å². The predicted octanol–water partition coefficient (Wildman–Crippen LogP) is 3.24. The molecule has 1 unspecified atom stereocenters. The van der Waals surface area contributed by atoms with E-state index in [2.05, 4.69) is 9.97 Å². The Morgan fingerprint density at radius 2 is 2.12 bits per heavy atom. The SMILES string of the molecule is O=C(c1cnccn1)N1CCCC(CCc2ccc(F)c(F)c2)C1. The van der Waals surface area contributed by atoms with Crippen molar-refractivity contribution in [3.63, 3.8) is 0 Å². The van der Waals surface area contributed by atoms with Crippen molar-refractivity contribution in [1.82, 2.24) is 14.9 Å². The smallest absolute Gasteiger partial charge is 0.274 e. The Balaban J connectivity index is 1.57. The standard InChI is InChI=1S/C18H19F2N3O/c19-15-6-5-13(10-16(15)20)3-4-14-2-1-9-23(12-14)18(24)17-11-21-7-8-22-17/h5-8,10-11,14H,1-4,9,12H2. The highest BCUT2D eigenvalue weighted by molar-refractivity contribution is 5.92. The molecule has 2 aromatic rings. The summed E-state index contributed by atoms with van der Waals surface area (Å²) >= 11 is 0. The number of halogens is 2. The Labute approximate surface area is 139 Å². The summed E-state index contributed by atoms with van der Waals surface area (Å²) in [6.07, 6.45) is 8.02. The van der Waals surface area contributed by atoms with Crippen LogP contribution in [0.1, 0.15) is 35.3 Å². The van der Waals surface area contributed by atoms with Crippen LogP contribution in [0.15, 0.2) is 36.8 Å². The lowest BCUT2D eigenvalue weighted by Gasteiger charge is -2.32. The zero-order valence-electron chi connectivity index (χ0n) is 13.3. The Bertz CT molecular complexity index is 709. The second-order valence-corrected chi connectivity index (χ2v) is 6.14. The molecule has 1 aromatic heterocycles. The first-order valence-corrected chi connectivity index (χ1v) is 8.12. The first-order valence-electron chi connectivity index (χ1n) is 8.12. The normalized spacial score (nSPS) is 17.8. The van der Waals surface area contributed by atoms with Gasteiger partial charge in [-0.05, 0) is 49.3 Å². The number of carbonyl (C=O) groups excluding carboxylic acids is 1. The van der Waals surface area contributed by atoms with Crippen molar-refractivity contribution in [1.29, 1.82) is 0 Å². The Kier molecular flexibility index (Phi) is 5.13. The van der Waals surface area contributed by atoms with Crippen molar-refractivity contribution in [3.05, 3.63) is 59.7 Å². The van der Waals surface area contributed by atoms with Gasteiger partial charge in [-0.3, -0.25) is 9.78 Å². The first kappa shape index (κ1) is 16.5. The number of hydrogen-bond acceptors (Lipinski definition) is 3. The molecule has 1 aromatic carbocycles. The van der Waals surface area contributed by atoms with Crippen molar-refractivity contribution in [2.75, 3.05) is 13.1 Å². The number of nitrogens with zero attached hydrogens (tertiary/aromatic N) is 3. The lowest BCUT2D eigenvalue weighted by Crippen LogP contribution is -2.40. The van der Waals surface area contributed by atoms with Crippen LogP contribution >= 0.6 is 0 Å². The first-order chi connectivity index (χ1) is 11.6. The summed E-state index contributed by atoms with van der Waals surface area (Å²) in [5, 5.41) is 0. The van der Waals surface area contributed by atoms with E-state index in [1.54, 1.807) is 6.07 Å². The zero-order valence-corrected chi connectivity index (χ0v) is 13.3. The van der Waals surface area contributed by atoms with Crippen molar-refractivity contribution < 1.29 is 13.6 Å². The molecule has 0 N–H and O–H groups in total. The van der Waals surface area contributed by atoms with Crippen LogP contribution in [-0.2, 0) is 6.42 Å². The van der Waals surface area contributed by atoms with Crippen LogP contribution in [0.3, 0.4) is 0 Å². The third-order valence-corrected chi connectivity index (χ3v) is 4.41. The highest BCUT2D eigenvalue weighted by Gasteiger charge is 2.25. The molecule has 0 saturated carbocycles. The Hall–Kier alpha value is -2.37. The molecule has 6 heteroatoms. The molecule has 1 aliphatic heterocycles. The highest BCUT2D eigenvalue weighted by Crippen LogP contribution is 2.23. The second kappa shape index (κ2) is 7.47. The molecule has 4 nitrogen and oxygen atoms in total. The number of likely N-dealkylation sites (tertiary alicyclic amines) is 1. The van der Waals surface area contributed by atoms with E-state index in [1.165, 1.54) is 24.7 Å². The van der Waals surface area contributed by atoms with Gasteiger partial charge in [0.25, 0.3) is 5.91 Å². The second-order valence-electron chi connectivity index (χ2n) is 6.14. The molecule has 1 aliphatic rings. The summed E-state index contributed by atoms with van der Waals surface area (Å²) in [5.41, 5.74) is 1.14. The van der Waals surface area contributed by atoms with Gasteiger partial charge in [-0.1, -0.05) is 6.07 Å². The van der Waals surface area contributed by atoms with E-state index in [4.69, 9.17) is 0 Å². The van der Waals surface area contributed by atoms with Gasteiger partial charge in [0.05, 0.1) is 6.20 Å². The minimum absolute atomic E-state index is 0.0966. The van der Waals surface area contributed by atoms with Crippen LogP contribution in [0.4, 0.5) is 8.78 Å². The van der Waals surface area contributed by atoms with Crippen LogP contribution < -0.4 is 0 Å². The van der Waals surface area contributed by atoms with E-state index >= 15 is 0 Å². The quantitative estimate of drug-likeness (QED) is 0.864. The van der Waals surface area contributed by atoms with Crippen molar-refractivity contribution in [3.8, 4) is 0 Å². The fourth-order valence-corrected chi connectivity index (χ4v) is 3.12. The molecule has 1 fully saturated rings. The van der Waals surface area contributed by atoms with E-state index in [9.17, 15) is 13.6 Å². The van der Waals surface area contributed by atoms with Crippen molar-refractivity contribution in [2.45, 2.75) is 25.7 Å². The molecule has 1 saturated heterocycles. The van der Waals surface area contributed by atoms with E-state index in [0.717, 1.165) is 37.4 Å².